The molecule has 0 aliphatic carbocycles. The molecule has 2 aromatic rings. The van der Waals surface area contributed by atoms with E-state index in [1.807, 2.05) is 6.92 Å². The first-order valence-corrected chi connectivity index (χ1v) is 7.17. The molecule has 4 heteroatoms. The van der Waals surface area contributed by atoms with E-state index < -0.39 is 0 Å². The molecule has 3 nitrogen and oxygen atoms in total. The number of hydrogen-bond acceptors (Lipinski definition) is 3. The van der Waals surface area contributed by atoms with Crippen molar-refractivity contribution in [3.63, 3.8) is 0 Å². The summed E-state index contributed by atoms with van der Waals surface area (Å²) in [7, 11) is 0. The smallest absolute Gasteiger partial charge is 0.145 e. The van der Waals surface area contributed by atoms with Gasteiger partial charge in [-0.2, -0.15) is 0 Å². The number of aryl methyl sites for hydroxylation is 1. The molecule has 0 spiro atoms. The number of nitrogen functional groups attached to an aromatic ring is 1. The van der Waals surface area contributed by atoms with Crippen molar-refractivity contribution in [1.82, 2.24) is 4.98 Å². The van der Waals surface area contributed by atoms with E-state index in [2.05, 4.69) is 57.4 Å². The molecule has 0 aliphatic rings. The van der Waals surface area contributed by atoms with E-state index in [4.69, 9.17) is 5.73 Å². The number of halogens is 1. The molecule has 0 unspecified atom stereocenters. The molecule has 3 N–H and O–H groups in total. The van der Waals surface area contributed by atoms with E-state index in [0.29, 0.717) is 5.69 Å². The van der Waals surface area contributed by atoms with E-state index in [0.717, 1.165) is 34.4 Å². The van der Waals surface area contributed by atoms with Gasteiger partial charge in [0.15, 0.2) is 0 Å². The van der Waals surface area contributed by atoms with Crippen LogP contribution in [0.3, 0.4) is 0 Å². The van der Waals surface area contributed by atoms with Crippen LogP contribution >= 0.6 is 15.9 Å². The van der Waals surface area contributed by atoms with E-state index in [9.17, 15) is 0 Å². The Hall–Kier alpha value is -1.55. The summed E-state index contributed by atoms with van der Waals surface area (Å²) in [4.78, 5) is 4.31. The zero-order valence-corrected chi connectivity index (χ0v) is 12.8. The third kappa shape index (κ3) is 3.26. The molecule has 0 bridgehead atoms. The molecular formula is C15H18BrN3. The van der Waals surface area contributed by atoms with Crippen molar-refractivity contribution in [3.05, 3.63) is 46.1 Å². The van der Waals surface area contributed by atoms with Crippen LogP contribution in [0.15, 0.2) is 34.9 Å². The lowest BCUT2D eigenvalue weighted by Gasteiger charge is -2.11. The van der Waals surface area contributed by atoms with Gasteiger partial charge in [-0.05, 0) is 52.5 Å². The highest BCUT2D eigenvalue weighted by atomic mass is 79.9. The van der Waals surface area contributed by atoms with Crippen molar-refractivity contribution in [2.75, 3.05) is 11.1 Å². The summed E-state index contributed by atoms with van der Waals surface area (Å²) in [5.74, 6) is 0.787. The second kappa shape index (κ2) is 6.06. The van der Waals surface area contributed by atoms with Crippen molar-refractivity contribution < 1.29 is 0 Å². The van der Waals surface area contributed by atoms with Crippen LogP contribution in [0.25, 0.3) is 0 Å². The van der Waals surface area contributed by atoms with Gasteiger partial charge in [0.25, 0.3) is 0 Å². The maximum absolute atomic E-state index is 5.82. The van der Waals surface area contributed by atoms with Crippen molar-refractivity contribution in [2.24, 2.45) is 0 Å². The van der Waals surface area contributed by atoms with Crippen LogP contribution < -0.4 is 11.1 Å². The van der Waals surface area contributed by atoms with Gasteiger partial charge in [-0.1, -0.05) is 25.5 Å². The van der Waals surface area contributed by atoms with Crippen LogP contribution in [0.4, 0.5) is 17.2 Å². The number of benzene rings is 1. The molecule has 1 aromatic heterocycles. The minimum absolute atomic E-state index is 0.690. The molecule has 0 fully saturated rings. The Balaban J connectivity index is 2.19. The highest BCUT2D eigenvalue weighted by Gasteiger charge is 2.07. The summed E-state index contributed by atoms with van der Waals surface area (Å²) in [6, 6.07) is 8.43. The number of rotatable bonds is 4. The molecule has 0 aliphatic heterocycles. The Bertz CT molecular complexity index is 564. The number of pyridine rings is 1. The second-order valence-corrected chi connectivity index (χ2v) is 5.37. The first-order chi connectivity index (χ1) is 9.11. The SMILES string of the molecule is CCCc1ccc(Nc2ncc(N)c(C)c2Br)cc1. The average molecular weight is 320 g/mol. The largest absolute Gasteiger partial charge is 0.397 e. The van der Waals surface area contributed by atoms with Gasteiger partial charge in [0, 0.05) is 5.69 Å². The second-order valence-electron chi connectivity index (χ2n) is 4.57. The predicted molar refractivity (Wildman–Crippen MR) is 84.8 cm³/mol. The molecule has 0 saturated heterocycles. The maximum atomic E-state index is 5.82. The highest BCUT2D eigenvalue weighted by Crippen LogP contribution is 2.29. The van der Waals surface area contributed by atoms with Crippen molar-refractivity contribution in [2.45, 2.75) is 26.7 Å². The molecule has 19 heavy (non-hydrogen) atoms. The zero-order valence-electron chi connectivity index (χ0n) is 11.2. The lowest BCUT2D eigenvalue weighted by molar-refractivity contribution is 0.922. The minimum atomic E-state index is 0.690. The summed E-state index contributed by atoms with van der Waals surface area (Å²) in [5.41, 5.74) is 9.89. The van der Waals surface area contributed by atoms with Gasteiger partial charge < -0.3 is 11.1 Å². The Labute approximate surface area is 122 Å². The van der Waals surface area contributed by atoms with Crippen LogP contribution in [-0.2, 0) is 6.42 Å². The lowest BCUT2D eigenvalue weighted by Crippen LogP contribution is -1.99. The quantitative estimate of drug-likeness (QED) is 0.876. The molecule has 0 saturated carbocycles. The van der Waals surface area contributed by atoms with Crippen LogP contribution in [0.1, 0.15) is 24.5 Å². The van der Waals surface area contributed by atoms with Crippen molar-refractivity contribution in [3.8, 4) is 0 Å². The Kier molecular flexibility index (Phi) is 4.43. The Morgan fingerprint density at radius 2 is 1.95 bits per heavy atom. The van der Waals surface area contributed by atoms with Gasteiger partial charge >= 0.3 is 0 Å². The van der Waals surface area contributed by atoms with Crippen LogP contribution in [0.5, 0.6) is 0 Å². The molecule has 0 radical (unpaired) electrons. The number of aromatic nitrogens is 1. The Morgan fingerprint density at radius 3 is 2.58 bits per heavy atom. The van der Waals surface area contributed by atoms with Crippen molar-refractivity contribution >= 4 is 33.1 Å². The van der Waals surface area contributed by atoms with Gasteiger partial charge in [0.2, 0.25) is 0 Å². The highest BCUT2D eigenvalue weighted by molar-refractivity contribution is 9.10. The number of nitrogens with zero attached hydrogens (tertiary/aromatic N) is 1. The van der Waals surface area contributed by atoms with Crippen LogP contribution in [0.2, 0.25) is 0 Å². The molecule has 100 valence electrons. The summed E-state index contributed by atoms with van der Waals surface area (Å²) in [6.07, 6.45) is 3.95. The monoisotopic (exact) mass is 319 g/mol. The van der Waals surface area contributed by atoms with Gasteiger partial charge in [-0.3, -0.25) is 0 Å². The van der Waals surface area contributed by atoms with E-state index >= 15 is 0 Å². The normalized spacial score (nSPS) is 10.5. The summed E-state index contributed by atoms with van der Waals surface area (Å²) in [5, 5.41) is 3.30. The van der Waals surface area contributed by atoms with E-state index in [1.165, 1.54) is 5.56 Å². The number of hydrogen-bond donors (Lipinski definition) is 2. The molecule has 0 atom stereocenters. The van der Waals surface area contributed by atoms with E-state index in [1.54, 1.807) is 6.20 Å². The Morgan fingerprint density at radius 1 is 1.26 bits per heavy atom. The first-order valence-electron chi connectivity index (χ1n) is 6.38. The zero-order chi connectivity index (χ0) is 13.8. The van der Waals surface area contributed by atoms with Gasteiger partial charge in [0.05, 0.1) is 16.4 Å². The van der Waals surface area contributed by atoms with Gasteiger partial charge in [-0.15, -0.1) is 0 Å². The third-order valence-corrected chi connectivity index (χ3v) is 4.03. The fourth-order valence-electron chi connectivity index (χ4n) is 1.86. The molecular weight excluding hydrogens is 302 g/mol. The van der Waals surface area contributed by atoms with Crippen molar-refractivity contribution in [1.29, 1.82) is 0 Å². The standard InChI is InChI=1S/C15H18BrN3/c1-3-4-11-5-7-12(8-6-11)19-15-14(16)10(2)13(17)9-18-15/h5-9H,3-4,17H2,1-2H3,(H,18,19). The fourth-order valence-corrected chi connectivity index (χ4v) is 2.29. The molecule has 0 amide bonds. The molecule has 1 heterocycles. The first kappa shape index (κ1) is 13.9. The minimum Gasteiger partial charge on any atom is -0.397 e. The molecule has 2 rings (SSSR count). The van der Waals surface area contributed by atoms with Gasteiger partial charge in [-0.25, -0.2) is 4.98 Å². The van der Waals surface area contributed by atoms with Gasteiger partial charge in [0.1, 0.15) is 5.82 Å². The average Bonchev–Trinajstić information content (AvgIpc) is 2.42. The summed E-state index contributed by atoms with van der Waals surface area (Å²) in [6.45, 7) is 4.15. The summed E-state index contributed by atoms with van der Waals surface area (Å²) < 4.78 is 0.908. The fraction of sp³-hybridized carbons (Fsp3) is 0.267. The lowest BCUT2D eigenvalue weighted by atomic mass is 10.1. The summed E-state index contributed by atoms with van der Waals surface area (Å²) >= 11 is 3.52. The van der Waals surface area contributed by atoms with Crippen LogP contribution in [-0.4, -0.2) is 4.98 Å². The third-order valence-electron chi connectivity index (χ3n) is 3.06. The number of nitrogens with two attached hydrogens (primary N) is 1. The van der Waals surface area contributed by atoms with E-state index in [-0.39, 0.29) is 0 Å². The number of anilines is 3. The van der Waals surface area contributed by atoms with Crippen LogP contribution in [0, 0.1) is 6.92 Å². The maximum Gasteiger partial charge on any atom is 0.145 e. The number of nitrogens with one attached hydrogen (secondary N) is 1. The predicted octanol–water partition coefficient (Wildman–Crippen LogP) is 4.43. The molecule has 1 aromatic carbocycles. The topological polar surface area (TPSA) is 50.9 Å².